The van der Waals surface area contributed by atoms with Crippen molar-refractivity contribution in [2.75, 3.05) is 12.9 Å². The van der Waals surface area contributed by atoms with E-state index < -0.39 is 9.84 Å². The number of methoxy groups -OCH3 is 1. The Kier molecular flexibility index (Phi) is 3.34. The van der Waals surface area contributed by atoms with Crippen LogP contribution in [0.3, 0.4) is 0 Å². The number of rotatable bonds is 4. The van der Waals surface area contributed by atoms with Crippen LogP contribution in [0.5, 0.6) is 5.88 Å². The highest BCUT2D eigenvalue weighted by Crippen LogP contribution is 2.25. The number of hydrogen-bond acceptors (Lipinski definition) is 4. The van der Waals surface area contributed by atoms with Crippen molar-refractivity contribution in [2.45, 2.75) is 5.03 Å². The fraction of sp³-hybridized carbons (Fsp3) is 0.154. The van der Waals surface area contributed by atoms with Crippen molar-refractivity contribution in [1.29, 1.82) is 0 Å². The average Bonchev–Trinajstić information content (AvgIpc) is 2.37. The van der Waals surface area contributed by atoms with Crippen LogP contribution < -0.4 is 4.74 Å². The second kappa shape index (κ2) is 4.78. The Morgan fingerprint density at radius 1 is 1.39 bits per heavy atom. The van der Waals surface area contributed by atoms with Gasteiger partial charge in [-0.1, -0.05) is 30.3 Å². The number of benzene rings is 1. The molecule has 0 aliphatic heterocycles. The van der Waals surface area contributed by atoms with E-state index in [4.69, 9.17) is 4.74 Å². The van der Waals surface area contributed by atoms with Crippen LogP contribution in [0, 0.1) is 0 Å². The average molecular weight is 263 g/mol. The minimum Gasteiger partial charge on any atom is -0.481 e. The molecule has 0 spiro atoms. The number of aromatic nitrogens is 1. The van der Waals surface area contributed by atoms with Crippen LogP contribution in [0.15, 0.2) is 48.0 Å². The number of pyridine rings is 1. The minimum absolute atomic E-state index is 0.0392. The highest BCUT2D eigenvalue weighted by atomic mass is 32.2. The van der Waals surface area contributed by atoms with Gasteiger partial charge in [-0.2, -0.15) is 0 Å². The zero-order valence-electron chi connectivity index (χ0n) is 9.96. The van der Waals surface area contributed by atoms with Crippen molar-refractivity contribution < 1.29 is 13.2 Å². The molecule has 0 saturated carbocycles. The van der Waals surface area contributed by atoms with Gasteiger partial charge in [0.25, 0.3) is 0 Å². The number of fused-ring (bicyclic) bond motifs is 1. The summed E-state index contributed by atoms with van der Waals surface area (Å²) in [5, 5.41) is 1.42. The lowest BCUT2D eigenvalue weighted by atomic mass is 10.2. The van der Waals surface area contributed by atoms with Crippen LogP contribution in [-0.4, -0.2) is 26.3 Å². The largest absolute Gasteiger partial charge is 0.481 e. The number of hydrogen-bond donors (Lipinski definition) is 0. The van der Waals surface area contributed by atoms with Crippen molar-refractivity contribution in [3.63, 3.8) is 0 Å². The van der Waals surface area contributed by atoms with E-state index in [-0.39, 0.29) is 16.7 Å². The van der Waals surface area contributed by atoms with E-state index in [1.807, 2.05) is 12.1 Å². The normalized spacial score (nSPS) is 11.4. The van der Waals surface area contributed by atoms with Gasteiger partial charge in [0.15, 0.2) is 14.9 Å². The molecule has 5 heteroatoms. The maximum atomic E-state index is 12.1. The van der Waals surface area contributed by atoms with Crippen molar-refractivity contribution in [1.82, 2.24) is 4.98 Å². The molecule has 0 atom stereocenters. The van der Waals surface area contributed by atoms with Crippen LogP contribution in [0.2, 0.25) is 0 Å². The van der Waals surface area contributed by atoms with Gasteiger partial charge in [-0.15, -0.1) is 6.58 Å². The second-order valence-corrected chi connectivity index (χ2v) is 5.71. The molecule has 94 valence electrons. The number of nitrogens with zero attached hydrogens (tertiary/aromatic N) is 1. The lowest BCUT2D eigenvalue weighted by molar-refractivity contribution is 0.395. The fourth-order valence-electron chi connectivity index (χ4n) is 1.72. The zero-order chi connectivity index (χ0) is 13.2. The van der Waals surface area contributed by atoms with Crippen LogP contribution in [0.1, 0.15) is 0 Å². The highest BCUT2D eigenvalue weighted by Gasteiger charge is 2.19. The van der Waals surface area contributed by atoms with E-state index >= 15 is 0 Å². The summed E-state index contributed by atoms with van der Waals surface area (Å²) in [6.07, 6.45) is 1.35. The second-order valence-electron chi connectivity index (χ2n) is 3.76. The van der Waals surface area contributed by atoms with Gasteiger partial charge in [-0.3, -0.25) is 0 Å². The summed E-state index contributed by atoms with van der Waals surface area (Å²) in [5.74, 6) is 0.147. The van der Waals surface area contributed by atoms with E-state index in [1.54, 1.807) is 18.2 Å². The Labute approximate surface area is 106 Å². The molecule has 2 rings (SSSR count). The number of sulfone groups is 1. The summed E-state index contributed by atoms with van der Waals surface area (Å²) in [7, 11) is -2.02. The van der Waals surface area contributed by atoms with E-state index in [2.05, 4.69) is 11.6 Å². The summed E-state index contributed by atoms with van der Waals surface area (Å²) in [6, 6.07) is 8.89. The Balaban J connectivity index is 2.79. The van der Waals surface area contributed by atoms with Crippen LogP contribution in [0.4, 0.5) is 0 Å². The molecule has 0 fully saturated rings. The van der Waals surface area contributed by atoms with Crippen LogP contribution in [-0.2, 0) is 9.84 Å². The molecule has 1 heterocycles. The van der Waals surface area contributed by atoms with Crippen molar-refractivity contribution in [2.24, 2.45) is 0 Å². The molecule has 0 amide bonds. The molecule has 4 nitrogen and oxygen atoms in total. The molecular formula is C13H13NO3S. The fourth-order valence-corrected chi connectivity index (χ4v) is 2.94. The number of ether oxygens (including phenoxy) is 1. The third-order valence-electron chi connectivity index (χ3n) is 2.52. The van der Waals surface area contributed by atoms with Crippen molar-refractivity contribution in [3.05, 3.63) is 43.0 Å². The Hall–Kier alpha value is -1.88. The first-order valence-electron chi connectivity index (χ1n) is 5.36. The molecule has 1 aromatic carbocycles. The maximum Gasteiger partial charge on any atom is 0.214 e. The maximum absolute atomic E-state index is 12.1. The van der Waals surface area contributed by atoms with Gasteiger partial charge in [0, 0.05) is 11.5 Å². The highest BCUT2D eigenvalue weighted by molar-refractivity contribution is 7.91. The van der Waals surface area contributed by atoms with Gasteiger partial charge in [0.05, 0.1) is 12.9 Å². The molecule has 0 aliphatic carbocycles. The lowest BCUT2D eigenvalue weighted by Gasteiger charge is -2.08. The third kappa shape index (κ3) is 2.22. The van der Waals surface area contributed by atoms with Crippen LogP contribution in [0.25, 0.3) is 10.8 Å². The van der Waals surface area contributed by atoms with Gasteiger partial charge >= 0.3 is 0 Å². The van der Waals surface area contributed by atoms with E-state index in [9.17, 15) is 8.42 Å². The molecule has 0 bridgehead atoms. The summed E-state index contributed by atoms with van der Waals surface area (Å²) >= 11 is 0. The van der Waals surface area contributed by atoms with Crippen molar-refractivity contribution >= 4 is 20.6 Å². The molecule has 0 N–H and O–H groups in total. The summed E-state index contributed by atoms with van der Waals surface area (Å²) in [5.41, 5.74) is 0. The quantitative estimate of drug-likeness (QED) is 0.793. The summed E-state index contributed by atoms with van der Waals surface area (Å²) in [4.78, 5) is 4.05. The summed E-state index contributed by atoms with van der Waals surface area (Å²) < 4.78 is 29.3. The Morgan fingerprint density at radius 2 is 2.11 bits per heavy atom. The SMILES string of the molecule is C=CCS(=O)(=O)c1nc(OC)cc2ccccc12. The third-order valence-corrected chi connectivity index (χ3v) is 4.10. The Morgan fingerprint density at radius 3 is 2.78 bits per heavy atom. The first kappa shape index (κ1) is 12.6. The standard InChI is InChI=1S/C13H13NO3S/c1-3-8-18(15,16)13-11-7-5-4-6-10(11)9-12(14-13)17-2/h3-7,9H,1,8H2,2H3. The molecular weight excluding hydrogens is 250 g/mol. The predicted molar refractivity (Wildman–Crippen MR) is 70.5 cm³/mol. The van der Waals surface area contributed by atoms with Crippen LogP contribution >= 0.6 is 0 Å². The molecule has 0 saturated heterocycles. The molecule has 0 aliphatic rings. The molecule has 18 heavy (non-hydrogen) atoms. The van der Waals surface area contributed by atoms with Gasteiger partial charge in [0.1, 0.15) is 0 Å². The molecule has 0 unspecified atom stereocenters. The molecule has 2 aromatic rings. The zero-order valence-corrected chi connectivity index (χ0v) is 10.8. The van der Waals surface area contributed by atoms with Gasteiger partial charge in [-0.25, -0.2) is 13.4 Å². The summed E-state index contributed by atoms with van der Waals surface area (Å²) in [6.45, 7) is 3.46. The first-order valence-corrected chi connectivity index (χ1v) is 7.01. The van der Waals surface area contributed by atoms with E-state index in [0.29, 0.717) is 5.39 Å². The van der Waals surface area contributed by atoms with Gasteiger partial charge < -0.3 is 4.74 Å². The monoisotopic (exact) mass is 263 g/mol. The smallest absolute Gasteiger partial charge is 0.214 e. The van der Waals surface area contributed by atoms with Gasteiger partial charge in [-0.05, 0) is 5.39 Å². The van der Waals surface area contributed by atoms with E-state index in [0.717, 1.165) is 5.39 Å². The topological polar surface area (TPSA) is 56.3 Å². The van der Waals surface area contributed by atoms with Gasteiger partial charge in [0.2, 0.25) is 5.88 Å². The Bertz CT molecular complexity index is 692. The first-order chi connectivity index (χ1) is 8.58. The predicted octanol–water partition coefficient (Wildman–Crippen LogP) is 2.20. The molecule has 1 aromatic heterocycles. The minimum atomic E-state index is -3.48. The van der Waals surface area contributed by atoms with Crippen molar-refractivity contribution in [3.8, 4) is 5.88 Å². The van der Waals surface area contributed by atoms with E-state index in [1.165, 1.54) is 13.2 Å². The lowest BCUT2D eigenvalue weighted by Crippen LogP contribution is -2.08. The molecule has 0 radical (unpaired) electrons.